The molecule has 0 atom stereocenters. The second-order valence-electron chi connectivity index (χ2n) is 17.1. The Morgan fingerprint density at radius 2 is 1.08 bits per heavy atom. The Hall–Kier alpha value is -5.84. The largest absolute Gasteiger partial charge is 2.00 e. The van der Waals surface area contributed by atoms with Gasteiger partial charge in [0.05, 0.1) is 22.5 Å². The van der Waals surface area contributed by atoms with E-state index in [0.29, 0.717) is 35.2 Å². The first-order valence-electron chi connectivity index (χ1n) is 20.9. The van der Waals surface area contributed by atoms with Gasteiger partial charge >= 0.3 is 21.1 Å². The molecule has 0 radical (unpaired) electrons. The van der Waals surface area contributed by atoms with Gasteiger partial charge in [0.1, 0.15) is 0 Å². The quantitative estimate of drug-likeness (QED) is 0.112. The van der Waals surface area contributed by atoms with Crippen molar-refractivity contribution in [1.82, 2.24) is 23.8 Å². The summed E-state index contributed by atoms with van der Waals surface area (Å²) < 4.78 is 11.1. The summed E-state index contributed by atoms with van der Waals surface area (Å²) in [5, 5.41) is 6.14. The first-order valence-corrected chi connectivity index (χ1v) is 20.9. The third-order valence-corrected chi connectivity index (χ3v) is 12.1. The molecule has 5 heterocycles. The van der Waals surface area contributed by atoms with E-state index < -0.39 is 0 Å². The van der Waals surface area contributed by atoms with Crippen molar-refractivity contribution in [2.24, 2.45) is 0 Å². The number of fused-ring (bicyclic) bond motifs is 12. The van der Waals surface area contributed by atoms with Gasteiger partial charge in [-0.3, -0.25) is 15.0 Å². The Bertz CT molecular complexity index is 3230. The van der Waals surface area contributed by atoms with E-state index in [9.17, 15) is 0 Å². The predicted octanol–water partition coefficient (Wildman–Crippen LogP) is 14.2. The van der Waals surface area contributed by atoms with Gasteiger partial charge in [0.2, 0.25) is 0 Å². The molecule has 0 fully saturated rings. The van der Waals surface area contributed by atoms with Crippen molar-refractivity contribution in [1.29, 1.82) is 0 Å². The van der Waals surface area contributed by atoms with Gasteiger partial charge in [-0.25, -0.2) is 0 Å². The molecule has 7 heteroatoms. The monoisotopic (exact) mass is 964 g/mol. The number of ether oxygens (including phenoxy) is 1. The average Bonchev–Trinajstić information content (AvgIpc) is 3.92. The Kier molecular flexibility index (Phi) is 10.1. The summed E-state index contributed by atoms with van der Waals surface area (Å²) in [7, 11) is 0. The standard InChI is InChI=1S/C53H47N5O.Pt/c1-30(2)37-11-9-12-38(31(3)4)50(37)34-15-18-43-41-19-16-36(59-35-17-20-42-44-21-22-54-28-48(44)57-24-23-55-52(57)45(42)26-35)27-46(41)53-56-29-49(58(53)47(43)25-34)51-39(32(5)6)13-10-14-40(51)33(7)8;/h9-25,28-33H,1-8H3;/q-2;+2. The summed E-state index contributed by atoms with van der Waals surface area (Å²) in [4.78, 5) is 14.3. The van der Waals surface area contributed by atoms with E-state index in [2.05, 4.69) is 154 Å². The normalized spacial score (nSPS) is 12.1. The molecule has 300 valence electrons. The van der Waals surface area contributed by atoms with Gasteiger partial charge in [-0.2, -0.15) is 0 Å². The third kappa shape index (κ3) is 6.30. The molecule has 0 aliphatic heterocycles. The van der Waals surface area contributed by atoms with Gasteiger partial charge in [0.25, 0.3) is 0 Å². The molecule has 5 aromatic heterocycles. The molecule has 10 rings (SSSR count). The predicted molar refractivity (Wildman–Crippen MR) is 243 cm³/mol. The minimum absolute atomic E-state index is 0. The van der Waals surface area contributed by atoms with E-state index in [1.165, 1.54) is 38.9 Å². The van der Waals surface area contributed by atoms with Gasteiger partial charge in [-0.05, 0) is 80.0 Å². The fraction of sp³-hybridized carbons (Fsp3) is 0.226. The molecule has 0 saturated carbocycles. The molecule has 0 aliphatic rings. The van der Waals surface area contributed by atoms with Crippen molar-refractivity contribution in [2.75, 3.05) is 0 Å². The fourth-order valence-electron chi connectivity index (χ4n) is 9.26. The molecule has 60 heavy (non-hydrogen) atoms. The van der Waals surface area contributed by atoms with E-state index in [-0.39, 0.29) is 21.1 Å². The zero-order valence-corrected chi connectivity index (χ0v) is 37.5. The third-order valence-electron chi connectivity index (χ3n) is 12.1. The molecule has 0 saturated heterocycles. The topological polar surface area (TPSA) is 56.7 Å². The number of pyridine rings is 3. The number of aromatic nitrogens is 5. The van der Waals surface area contributed by atoms with Crippen LogP contribution in [-0.4, -0.2) is 23.8 Å². The fourth-order valence-corrected chi connectivity index (χ4v) is 9.26. The first-order chi connectivity index (χ1) is 28.6. The summed E-state index contributed by atoms with van der Waals surface area (Å²) in [5.74, 6) is 2.59. The molecule has 0 amide bonds. The van der Waals surface area contributed by atoms with Crippen LogP contribution in [0.1, 0.15) is 101 Å². The zero-order chi connectivity index (χ0) is 40.7. The van der Waals surface area contributed by atoms with Crippen LogP contribution in [-0.2, 0) is 21.1 Å². The summed E-state index contributed by atoms with van der Waals surface area (Å²) in [6.07, 6.45) is 9.55. The minimum Gasteiger partial charge on any atom is -0.497 e. The van der Waals surface area contributed by atoms with E-state index in [4.69, 9.17) is 14.7 Å². The maximum Gasteiger partial charge on any atom is 2.00 e. The van der Waals surface area contributed by atoms with Crippen LogP contribution in [0.3, 0.4) is 0 Å². The molecule has 5 aromatic carbocycles. The van der Waals surface area contributed by atoms with Crippen LogP contribution in [0.4, 0.5) is 0 Å². The molecule has 6 nitrogen and oxygen atoms in total. The van der Waals surface area contributed by atoms with Crippen molar-refractivity contribution < 1.29 is 25.8 Å². The summed E-state index contributed by atoms with van der Waals surface area (Å²) in [5.41, 5.74) is 14.0. The Morgan fingerprint density at radius 3 is 1.68 bits per heavy atom. The summed E-state index contributed by atoms with van der Waals surface area (Å²) in [6, 6.07) is 38.1. The minimum atomic E-state index is 0. The number of benzene rings is 5. The van der Waals surface area contributed by atoms with Crippen LogP contribution in [0.15, 0.2) is 116 Å². The second kappa shape index (κ2) is 15.3. The zero-order valence-electron chi connectivity index (χ0n) is 35.2. The van der Waals surface area contributed by atoms with E-state index >= 15 is 0 Å². The van der Waals surface area contributed by atoms with Gasteiger partial charge in [-0.15, -0.1) is 12.1 Å². The summed E-state index contributed by atoms with van der Waals surface area (Å²) >= 11 is 0. The number of hydrogen-bond acceptors (Lipinski definition) is 4. The van der Waals surface area contributed by atoms with E-state index in [1.807, 2.05) is 43.0 Å². The van der Waals surface area contributed by atoms with Gasteiger partial charge in [-0.1, -0.05) is 150 Å². The average molecular weight is 965 g/mol. The number of imidazole rings is 2. The Labute approximate surface area is 365 Å². The molecule has 0 bridgehead atoms. The SMILES string of the molecule is CC(C)c1cccc(C(C)C)c1-c1ccc2c3ccc(Oc4[c-]c5c(cc4)c4ccncc4n4ccnc54)[c-]c3c3ncc(-c4c(C(C)C)cccc4C(C)C)n3c2c1.[Pt+2]. The molecular formula is C53H47N5OPt. The summed E-state index contributed by atoms with van der Waals surface area (Å²) in [6.45, 7) is 18.3. The van der Waals surface area contributed by atoms with Crippen molar-refractivity contribution in [3.05, 3.63) is 150 Å². The van der Waals surface area contributed by atoms with Crippen molar-refractivity contribution in [3.8, 4) is 33.9 Å². The number of rotatable bonds is 8. The Morgan fingerprint density at radius 1 is 0.533 bits per heavy atom. The van der Waals surface area contributed by atoms with Crippen LogP contribution in [0.25, 0.3) is 77.0 Å². The van der Waals surface area contributed by atoms with E-state index in [1.54, 1.807) is 0 Å². The molecule has 10 aromatic rings. The molecular weight excluding hydrogens is 918 g/mol. The van der Waals surface area contributed by atoms with Gasteiger partial charge in [0, 0.05) is 53.6 Å². The van der Waals surface area contributed by atoms with E-state index in [0.717, 1.165) is 60.3 Å². The Balaban J connectivity index is 0.00000462. The van der Waals surface area contributed by atoms with Gasteiger partial charge < -0.3 is 13.5 Å². The maximum absolute atomic E-state index is 6.64. The van der Waals surface area contributed by atoms with Crippen molar-refractivity contribution in [3.63, 3.8) is 0 Å². The van der Waals surface area contributed by atoms with Crippen molar-refractivity contribution in [2.45, 2.75) is 79.1 Å². The first kappa shape index (κ1) is 39.6. The smallest absolute Gasteiger partial charge is 0.497 e. The van der Waals surface area contributed by atoms with Crippen LogP contribution in [0, 0.1) is 12.1 Å². The van der Waals surface area contributed by atoms with Crippen LogP contribution >= 0.6 is 0 Å². The van der Waals surface area contributed by atoms with Crippen LogP contribution in [0.5, 0.6) is 11.5 Å². The maximum atomic E-state index is 6.64. The van der Waals surface area contributed by atoms with Crippen molar-refractivity contribution >= 4 is 54.6 Å². The number of hydrogen-bond donors (Lipinski definition) is 0. The van der Waals surface area contributed by atoms with Gasteiger partial charge in [0.15, 0.2) is 0 Å². The molecule has 0 N–H and O–H groups in total. The number of nitrogens with zero attached hydrogens (tertiary/aromatic N) is 5. The second-order valence-corrected chi connectivity index (χ2v) is 17.1. The molecule has 0 aliphatic carbocycles. The van der Waals surface area contributed by atoms with Crippen LogP contribution in [0.2, 0.25) is 0 Å². The van der Waals surface area contributed by atoms with Crippen LogP contribution < -0.4 is 4.74 Å². The molecule has 0 spiro atoms. The molecule has 0 unspecified atom stereocenters.